The molecule has 3 aromatic heterocycles. The highest BCUT2D eigenvalue weighted by Crippen LogP contribution is 2.23. The van der Waals surface area contributed by atoms with E-state index in [0.29, 0.717) is 16.9 Å². The van der Waals surface area contributed by atoms with Gasteiger partial charge in [-0.05, 0) is 23.8 Å². The SMILES string of the molecule is O=C(COc1ccccc1)Nn1ccc2c(nnc3c(-c4ccccc4)cnn32)c1=O. The van der Waals surface area contributed by atoms with E-state index in [1.54, 1.807) is 41.0 Å². The number of nitrogens with zero attached hydrogens (tertiary/aromatic N) is 5. The van der Waals surface area contributed by atoms with Crippen molar-refractivity contribution in [3.63, 3.8) is 0 Å². The molecule has 3 heterocycles. The van der Waals surface area contributed by atoms with Gasteiger partial charge in [0.05, 0.1) is 6.20 Å². The lowest BCUT2D eigenvalue weighted by Crippen LogP contribution is -2.35. The molecule has 0 aliphatic carbocycles. The van der Waals surface area contributed by atoms with Crippen LogP contribution in [0.25, 0.3) is 27.8 Å². The van der Waals surface area contributed by atoms with Crippen molar-refractivity contribution in [1.82, 2.24) is 24.5 Å². The molecule has 0 atom stereocenters. The second-order valence-electron chi connectivity index (χ2n) is 6.72. The van der Waals surface area contributed by atoms with Gasteiger partial charge in [0.1, 0.15) is 11.3 Å². The van der Waals surface area contributed by atoms with Gasteiger partial charge in [-0.15, -0.1) is 10.2 Å². The first-order chi connectivity index (χ1) is 15.2. The number of aromatic nitrogens is 5. The summed E-state index contributed by atoms with van der Waals surface area (Å²) in [6.07, 6.45) is 3.14. The summed E-state index contributed by atoms with van der Waals surface area (Å²) in [7, 11) is 0. The van der Waals surface area contributed by atoms with E-state index in [1.165, 1.54) is 6.20 Å². The van der Waals surface area contributed by atoms with Crippen molar-refractivity contribution < 1.29 is 9.53 Å². The first-order valence-electron chi connectivity index (χ1n) is 9.49. The number of para-hydroxylation sites is 1. The molecule has 0 saturated heterocycles. The summed E-state index contributed by atoms with van der Waals surface area (Å²) in [6, 6.07) is 20.3. The number of ether oxygens (including phenoxy) is 1. The van der Waals surface area contributed by atoms with Crippen LogP contribution in [0.2, 0.25) is 0 Å². The molecule has 0 aliphatic rings. The fourth-order valence-electron chi connectivity index (χ4n) is 3.23. The smallest absolute Gasteiger partial charge is 0.299 e. The Kier molecular flexibility index (Phi) is 4.60. The van der Waals surface area contributed by atoms with Gasteiger partial charge in [0.15, 0.2) is 17.8 Å². The van der Waals surface area contributed by atoms with E-state index in [4.69, 9.17) is 4.74 Å². The summed E-state index contributed by atoms with van der Waals surface area (Å²) in [5.74, 6) is 0.0782. The van der Waals surface area contributed by atoms with E-state index >= 15 is 0 Å². The molecule has 0 bridgehead atoms. The Hall–Kier alpha value is -4.53. The van der Waals surface area contributed by atoms with Gasteiger partial charge in [-0.3, -0.25) is 15.0 Å². The van der Waals surface area contributed by atoms with E-state index in [0.717, 1.165) is 15.8 Å². The third-order valence-electron chi connectivity index (χ3n) is 4.71. The minimum atomic E-state index is -0.517. The molecule has 0 aliphatic heterocycles. The molecular weight excluding hydrogens is 396 g/mol. The molecule has 1 amide bonds. The average Bonchev–Trinajstić information content (AvgIpc) is 3.25. The normalized spacial score (nSPS) is 11.0. The quantitative estimate of drug-likeness (QED) is 0.475. The van der Waals surface area contributed by atoms with Crippen LogP contribution in [0, 0.1) is 0 Å². The number of pyridine rings is 1. The van der Waals surface area contributed by atoms with Gasteiger partial charge in [-0.2, -0.15) is 5.10 Å². The zero-order chi connectivity index (χ0) is 21.2. The molecule has 0 unspecified atom stereocenters. The van der Waals surface area contributed by atoms with Crippen molar-refractivity contribution in [2.45, 2.75) is 0 Å². The van der Waals surface area contributed by atoms with Gasteiger partial charge < -0.3 is 4.74 Å². The van der Waals surface area contributed by atoms with Gasteiger partial charge in [-0.1, -0.05) is 48.5 Å². The standard InChI is InChI=1S/C22H16N6O3/c29-19(14-31-16-9-5-2-6-10-16)26-27-12-11-18-20(22(27)30)24-25-21-17(13-23-28(18)21)15-7-3-1-4-8-15/h1-13H,14H2,(H,26,29). The molecule has 9 heteroatoms. The van der Waals surface area contributed by atoms with E-state index in [-0.39, 0.29) is 12.1 Å². The molecule has 0 saturated carbocycles. The monoisotopic (exact) mass is 412 g/mol. The van der Waals surface area contributed by atoms with Crippen LogP contribution in [-0.4, -0.2) is 37.0 Å². The lowest BCUT2D eigenvalue weighted by Gasteiger charge is -2.10. The maximum atomic E-state index is 12.8. The zero-order valence-corrected chi connectivity index (χ0v) is 16.2. The number of carbonyl (C=O) groups is 1. The van der Waals surface area contributed by atoms with Crippen LogP contribution in [0.15, 0.2) is 83.9 Å². The van der Waals surface area contributed by atoms with Crippen molar-refractivity contribution in [2.75, 3.05) is 12.0 Å². The highest BCUT2D eigenvalue weighted by atomic mass is 16.5. The lowest BCUT2D eigenvalue weighted by molar-refractivity contribution is -0.119. The highest BCUT2D eigenvalue weighted by molar-refractivity contribution is 5.86. The Bertz CT molecular complexity index is 1440. The number of hydrogen-bond acceptors (Lipinski definition) is 6. The lowest BCUT2D eigenvalue weighted by atomic mass is 10.1. The van der Waals surface area contributed by atoms with Crippen molar-refractivity contribution in [2.24, 2.45) is 0 Å². The predicted molar refractivity (Wildman–Crippen MR) is 114 cm³/mol. The maximum Gasteiger partial charge on any atom is 0.299 e. The second kappa shape index (κ2) is 7.71. The summed E-state index contributed by atoms with van der Waals surface area (Å²) in [5, 5.41) is 12.7. The highest BCUT2D eigenvalue weighted by Gasteiger charge is 2.15. The number of carbonyl (C=O) groups excluding carboxylic acids is 1. The van der Waals surface area contributed by atoms with E-state index in [1.807, 2.05) is 36.4 Å². The molecule has 0 radical (unpaired) electrons. The molecule has 1 N–H and O–H groups in total. The summed E-state index contributed by atoms with van der Waals surface area (Å²) in [5.41, 5.74) is 4.85. The Labute approximate surface area is 175 Å². The number of rotatable bonds is 5. The molecule has 0 spiro atoms. The maximum absolute atomic E-state index is 12.8. The van der Waals surface area contributed by atoms with E-state index in [9.17, 15) is 9.59 Å². The van der Waals surface area contributed by atoms with Crippen LogP contribution in [-0.2, 0) is 4.79 Å². The molecule has 5 aromatic rings. The van der Waals surface area contributed by atoms with Gasteiger partial charge in [0.2, 0.25) is 0 Å². The molecule has 9 nitrogen and oxygen atoms in total. The largest absolute Gasteiger partial charge is 0.484 e. The predicted octanol–water partition coefficient (Wildman–Crippen LogP) is 2.26. The number of nitrogens with one attached hydrogen (secondary N) is 1. The molecule has 5 rings (SSSR count). The minimum Gasteiger partial charge on any atom is -0.484 e. The van der Waals surface area contributed by atoms with Gasteiger partial charge in [0, 0.05) is 11.8 Å². The van der Waals surface area contributed by atoms with Gasteiger partial charge >= 0.3 is 0 Å². The Morgan fingerprint density at radius 1 is 0.968 bits per heavy atom. The molecule has 2 aromatic carbocycles. The van der Waals surface area contributed by atoms with Crippen LogP contribution >= 0.6 is 0 Å². The summed E-state index contributed by atoms with van der Waals surface area (Å²) in [6.45, 7) is -0.237. The molecule has 0 fully saturated rings. The first-order valence-corrected chi connectivity index (χ1v) is 9.49. The van der Waals surface area contributed by atoms with Crippen LogP contribution in [0.4, 0.5) is 0 Å². The van der Waals surface area contributed by atoms with Crippen molar-refractivity contribution >= 4 is 22.6 Å². The Morgan fingerprint density at radius 3 is 2.48 bits per heavy atom. The number of benzene rings is 2. The second-order valence-corrected chi connectivity index (χ2v) is 6.72. The van der Waals surface area contributed by atoms with Crippen molar-refractivity contribution in [1.29, 1.82) is 0 Å². The van der Waals surface area contributed by atoms with Crippen LogP contribution in [0.1, 0.15) is 0 Å². The van der Waals surface area contributed by atoms with Crippen molar-refractivity contribution in [3.8, 4) is 16.9 Å². The average molecular weight is 412 g/mol. The summed E-state index contributed by atoms with van der Waals surface area (Å²) in [4.78, 5) is 25.0. The van der Waals surface area contributed by atoms with E-state index < -0.39 is 11.5 Å². The van der Waals surface area contributed by atoms with Crippen LogP contribution in [0.3, 0.4) is 0 Å². The fourth-order valence-corrected chi connectivity index (χ4v) is 3.23. The van der Waals surface area contributed by atoms with E-state index in [2.05, 4.69) is 20.7 Å². The summed E-state index contributed by atoms with van der Waals surface area (Å²) < 4.78 is 8.02. The Morgan fingerprint density at radius 2 is 1.71 bits per heavy atom. The number of fused-ring (bicyclic) bond motifs is 3. The zero-order valence-electron chi connectivity index (χ0n) is 16.2. The van der Waals surface area contributed by atoms with Crippen LogP contribution < -0.4 is 15.7 Å². The Balaban J connectivity index is 1.44. The van der Waals surface area contributed by atoms with Gasteiger partial charge in [-0.25, -0.2) is 9.19 Å². The topological polar surface area (TPSA) is 103 Å². The third kappa shape index (κ3) is 3.48. The number of amides is 1. The fraction of sp³-hybridized carbons (Fsp3) is 0.0455. The van der Waals surface area contributed by atoms with Gasteiger partial charge in [0.25, 0.3) is 11.5 Å². The first kappa shape index (κ1) is 18.5. The molecule has 31 heavy (non-hydrogen) atoms. The van der Waals surface area contributed by atoms with Crippen LogP contribution in [0.5, 0.6) is 5.75 Å². The molecular formula is C22H16N6O3. The van der Waals surface area contributed by atoms with Crippen molar-refractivity contribution in [3.05, 3.63) is 89.5 Å². The minimum absolute atomic E-state index is 0.0852. The summed E-state index contributed by atoms with van der Waals surface area (Å²) >= 11 is 0. The molecule has 152 valence electrons. The third-order valence-corrected chi connectivity index (χ3v) is 4.71. The number of hydrogen-bond donors (Lipinski definition) is 1.